The summed E-state index contributed by atoms with van der Waals surface area (Å²) in [6.07, 6.45) is 74.3. The van der Waals surface area contributed by atoms with Crippen LogP contribution in [-0.2, 0) is 28.6 Å². The van der Waals surface area contributed by atoms with E-state index in [1.807, 2.05) is 0 Å². The molecule has 0 aromatic rings. The van der Waals surface area contributed by atoms with Crippen LogP contribution in [0.1, 0.15) is 278 Å². The predicted octanol–water partition coefficient (Wildman–Crippen LogP) is 19.5. The second-order valence-corrected chi connectivity index (χ2v) is 19.2. The minimum Gasteiger partial charge on any atom is -0.462 e. The van der Waals surface area contributed by atoms with Crippen LogP contribution < -0.4 is 0 Å². The fourth-order valence-corrected chi connectivity index (χ4v) is 8.04. The largest absolute Gasteiger partial charge is 0.462 e. The molecule has 69 heavy (non-hydrogen) atoms. The van der Waals surface area contributed by atoms with E-state index in [1.54, 1.807) is 0 Å². The molecule has 0 saturated carbocycles. The first-order chi connectivity index (χ1) is 34.0. The highest BCUT2D eigenvalue weighted by molar-refractivity contribution is 5.71. The van der Waals surface area contributed by atoms with Crippen molar-refractivity contribution in [2.24, 2.45) is 0 Å². The van der Waals surface area contributed by atoms with Gasteiger partial charge in [0.15, 0.2) is 6.10 Å². The van der Waals surface area contributed by atoms with E-state index in [0.717, 1.165) is 89.9 Å². The van der Waals surface area contributed by atoms with Gasteiger partial charge in [-0.05, 0) is 89.9 Å². The lowest BCUT2D eigenvalue weighted by Crippen LogP contribution is -2.30. The van der Waals surface area contributed by atoms with E-state index >= 15 is 0 Å². The lowest BCUT2D eigenvalue weighted by Gasteiger charge is -2.18. The van der Waals surface area contributed by atoms with Crippen LogP contribution in [-0.4, -0.2) is 37.2 Å². The van der Waals surface area contributed by atoms with Crippen LogP contribution >= 0.6 is 0 Å². The number of allylic oxidation sites excluding steroid dienone is 14. The second kappa shape index (κ2) is 57.2. The van der Waals surface area contributed by atoms with Crippen LogP contribution in [0.25, 0.3) is 0 Å². The van der Waals surface area contributed by atoms with Crippen molar-refractivity contribution < 1.29 is 28.6 Å². The van der Waals surface area contributed by atoms with Gasteiger partial charge in [-0.3, -0.25) is 14.4 Å². The summed E-state index contributed by atoms with van der Waals surface area (Å²) in [5, 5.41) is 0. The number of esters is 3. The summed E-state index contributed by atoms with van der Waals surface area (Å²) in [6.45, 7) is 6.47. The molecule has 0 aromatic carbocycles. The number of carbonyl (C=O) groups excluding carboxylic acids is 3. The summed E-state index contributed by atoms with van der Waals surface area (Å²) < 4.78 is 16.8. The van der Waals surface area contributed by atoms with Crippen LogP contribution in [0.15, 0.2) is 85.1 Å². The molecule has 0 aromatic heterocycles. The quantitative estimate of drug-likeness (QED) is 0.0262. The van der Waals surface area contributed by atoms with Crippen LogP contribution in [0.2, 0.25) is 0 Å². The number of hydrogen-bond donors (Lipinski definition) is 0. The fourth-order valence-electron chi connectivity index (χ4n) is 8.04. The highest BCUT2D eigenvalue weighted by Gasteiger charge is 2.19. The van der Waals surface area contributed by atoms with Gasteiger partial charge in [0.05, 0.1) is 0 Å². The molecule has 0 aliphatic carbocycles. The topological polar surface area (TPSA) is 78.9 Å². The first-order valence-corrected chi connectivity index (χ1v) is 29.1. The molecule has 0 amide bonds. The average molecular weight is 962 g/mol. The van der Waals surface area contributed by atoms with Crippen molar-refractivity contribution in [2.75, 3.05) is 13.2 Å². The molecular weight excluding hydrogens is 853 g/mol. The summed E-state index contributed by atoms with van der Waals surface area (Å²) in [6, 6.07) is 0. The molecule has 396 valence electrons. The third-order valence-electron chi connectivity index (χ3n) is 12.4. The highest BCUT2D eigenvalue weighted by atomic mass is 16.6. The summed E-state index contributed by atoms with van der Waals surface area (Å²) in [5.74, 6) is -0.956. The van der Waals surface area contributed by atoms with E-state index in [0.29, 0.717) is 19.3 Å². The Kier molecular flexibility index (Phi) is 54.3. The van der Waals surface area contributed by atoms with Crippen LogP contribution in [0.4, 0.5) is 0 Å². The molecular formula is C63H108O6. The normalized spacial score (nSPS) is 12.7. The number of unbranched alkanes of at least 4 members (excludes halogenated alkanes) is 27. The Morgan fingerprint density at radius 1 is 0.304 bits per heavy atom. The SMILES string of the molecule is CC/C=C\C/C=C\C/C=C\C/C=C\C/C=C\CCCC(=O)OC[C@@H](COC(=O)CCCCCCCCCCCCCCCCCCC)OC(=O)CCCCCCCCC/C=C\C/C=C\CCCCC. The van der Waals surface area contributed by atoms with Gasteiger partial charge < -0.3 is 14.2 Å². The molecule has 1 atom stereocenters. The molecule has 0 bridgehead atoms. The number of carbonyl (C=O) groups is 3. The second-order valence-electron chi connectivity index (χ2n) is 19.2. The first-order valence-electron chi connectivity index (χ1n) is 29.1. The third kappa shape index (κ3) is 55.4. The van der Waals surface area contributed by atoms with Gasteiger partial charge in [-0.15, -0.1) is 0 Å². The molecule has 6 nitrogen and oxygen atoms in total. The van der Waals surface area contributed by atoms with E-state index in [4.69, 9.17) is 14.2 Å². The Labute approximate surface area is 426 Å². The van der Waals surface area contributed by atoms with Crippen molar-refractivity contribution in [1.82, 2.24) is 0 Å². The lowest BCUT2D eigenvalue weighted by atomic mass is 10.0. The Bertz CT molecular complexity index is 1330. The molecule has 0 radical (unpaired) electrons. The molecule has 0 unspecified atom stereocenters. The van der Waals surface area contributed by atoms with Crippen LogP contribution in [0.3, 0.4) is 0 Å². The zero-order chi connectivity index (χ0) is 50.0. The van der Waals surface area contributed by atoms with Crippen molar-refractivity contribution in [3.63, 3.8) is 0 Å². The lowest BCUT2D eigenvalue weighted by molar-refractivity contribution is -0.167. The molecule has 0 rings (SSSR count). The van der Waals surface area contributed by atoms with Gasteiger partial charge in [-0.1, -0.05) is 254 Å². The van der Waals surface area contributed by atoms with Gasteiger partial charge in [-0.25, -0.2) is 0 Å². The fraction of sp³-hybridized carbons (Fsp3) is 0.730. The minimum atomic E-state index is -0.803. The van der Waals surface area contributed by atoms with Crippen molar-refractivity contribution >= 4 is 17.9 Å². The van der Waals surface area contributed by atoms with Gasteiger partial charge >= 0.3 is 17.9 Å². The first kappa shape index (κ1) is 65.6. The summed E-state index contributed by atoms with van der Waals surface area (Å²) in [4.78, 5) is 38.2. The van der Waals surface area contributed by atoms with Crippen molar-refractivity contribution in [1.29, 1.82) is 0 Å². The van der Waals surface area contributed by atoms with Gasteiger partial charge in [-0.2, -0.15) is 0 Å². The van der Waals surface area contributed by atoms with Gasteiger partial charge in [0.25, 0.3) is 0 Å². The van der Waals surface area contributed by atoms with E-state index < -0.39 is 6.10 Å². The molecule has 0 spiro atoms. The maximum atomic E-state index is 12.9. The minimum absolute atomic E-state index is 0.0955. The smallest absolute Gasteiger partial charge is 0.306 e. The maximum Gasteiger partial charge on any atom is 0.306 e. The average Bonchev–Trinajstić information content (AvgIpc) is 3.35. The van der Waals surface area contributed by atoms with Crippen LogP contribution in [0, 0.1) is 0 Å². The van der Waals surface area contributed by atoms with E-state index in [2.05, 4.69) is 106 Å². The molecule has 0 saturated heterocycles. The molecule has 0 aliphatic heterocycles. The monoisotopic (exact) mass is 961 g/mol. The third-order valence-corrected chi connectivity index (χ3v) is 12.4. The van der Waals surface area contributed by atoms with E-state index in [-0.39, 0.29) is 37.5 Å². The van der Waals surface area contributed by atoms with E-state index in [9.17, 15) is 14.4 Å². The summed E-state index contributed by atoms with van der Waals surface area (Å²) >= 11 is 0. The van der Waals surface area contributed by atoms with Crippen molar-refractivity contribution in [3.05, 3.63) is 85.1 Å². The zero-order valence-electron chi connectivity index (χ0n) is 45.3. The Morgan fingerprint density at radius 3 is 0.971 bits per heavy atom. The molecule has 0 heterocycles. The number of hydrogen-bond acceptors (Lipinski definition) is 6. The van der Waals surface area contributed by atoms with Gasteiger partial charge in [0.2, 0.25) is 0 Å². The number of rotatable bonds is 52. The zero-order valence-corrected chi connectivity index (χ0v) is 45.3. The van der Waals surface area contributed by atoms with Gasteiger partial charge in [0, 0.05) is 19.3 Å². The highest BCUT2D eigenvalue weighted by Crippen LogP contribution is 2.16. The van der Waals surface area contributed by atoms with Crippen molar-refractivity contribution in [3.8, 4) is 0 Å². The molecule has 6 heteroatoms. The van der Waals surface area contributed by atoms with Crippen molar-refractivity contribution in [2.45, 2.75) is 284 Å². The van der Waals surface area contributed by atoms with E-state index in [1.165, 1.54) is 141 Å². The Hall–Kier alpha value is -3.41. The number of ether oxygens (including phenoxy) is 3. The molecule has 0 fully saturated rings. The summed E-state index contributed by atoms with van der Waals surface area (Å²) in [7, 11) is 0. The molecule has 0 aliphatic rings. The Morgan fingerprint density at radius 2 is 0.580 bits per heavy atom. The predicted molar refractivity (Wildman–Crippen MR) is 297 cm³/mol. The maximum absolute atomic E-state index is 12.9. The van der Waals surface area contributed by atoms with Gasteiger partial charge in [0.1, 0.15) is 13.2 Å². The van der Waals surface area contributed by atoms with Crippen LogP contribution in [0.5, 0.6) is 0 Å². The molecule has 0 N–H and O–H groups in total. The summed E-state index contributed by atoms with van der Waals surface area (Å²) in [5.41, 5.74) is 0. The standard InChI is InChI=1S/C63H108O6/c1-4-7-10-13-16-19-22-25-28-31-34-37-40-43-46-49-52-55-61(64)67-58-60(69-63(66)57-54-51-48-45-42-39-36-33-30-27-24-21-18-15-12-9-6-3)59-68-62(65)56-53-50-47-44-41-38-35-32-29-26-23-20-17-14-11-8-5-2/h7,10,16,18-19,21,25,27-28,30,34,37,43,46,60H,4-6,8-9,11-15,17,20,22-24,26,29,31-33,35-36,38-42,44-45,47-59H2,1-3H3/b10-7-,19-16-,21-18-,28-25-,30-27-,37-34-,46-43-/t60-/m0/s1. The Balaban J connectivity index is 4.46.